The van der Waals surface area contributed by atoms with Crippen molar-refractivity contribution in [2.45, 2.75) is 38.3 Å². The van der Waals surface area contributed by atoms with Crippen LogP contribution in [0.25, 0.3) is 0 Å². The third kappa shape index (κ3) is 3.83. The molecular formula is C13H21N3O2S. The molecule has 1 aromatic heterocycles. The molecule has 0 aliphatic heterocycles. The molecule has 1 saturated carbocycles. The van der Waals surface area contributed by atoms with Crippen LogP contribution in [0, 0.1) is 0 Å². The topological polar surface area (TPSA) is 77.1 Å². The van der Waals surface area contributed by atoms with Crippen LogP contribution in [-0.2, 0) is 10.8 Å². The van der Waals surface area contributed by atoms with Crippen molar-refractivity contribution in [2.75, 3.05) is 17.7 Å². The third-order valence-electron chi connectivity index (χ3n) is 3.26. The van der Waals surface area contributed by atoms with Gasteiger partial charge in [-0.05, 0) is 32.3 Å². The van der Waals surface area contributed by atoms with E-state index in [1.165, 1.54) is 0 Å². The fourth-order valence-corrected chi connectivity index (χ4v) is 2.74. The first-order chi connectivity index (χ1) is 8.97. The summed E-state index contributed by atoms with van der Waals surface area (Å²) in [4.78, 5) is 12.2. The second-order valence-corrected chi connectivity index (χ2v) is 6.79. The van der Waals surface area contributed by atoms with Crippen LogP contribution < -0.4 is 11.1 Å². The van der Waals surface area contributed by atoms with Crippen LogP contribution in [0.2, 0.25) is 0 Å². The van der Waals surface area contributed by atoms with Crippen LogP contribution in [0.1, 0.15) is 42.7 Å². The quantitative estimate of drug-likeness (QED) is 0.826. The van der Waals surface area contributed by atoms with Gasteiger partial charge < -0.3 is 15.6 Å². The van der Waals surface area contributed by atoms with Crippen molar-refractivity contribution in [3.63, 3.8) is 0 Å². The fourth-order valence-electron chi connectivity index (χ4n) is 2.05. The van der Waals surface area contributed by atoms with Crippen molar-refractivity contribution >= 4 is 22.4 Å². The number of carbonyl (C=O) groups excluding carboxylic acids is 1. The molecular weight excluding hydrogens is 262 g/mol. The molecule has 0 bridgehead atoms. The SMILES string of the molecule is CC(CCS(C)=O)NC(=O)c1cc(N)cn1C1CC1. The Kier molecular flexibility index (Phi) is 4.29. The Balaban J connectivity index is 1.97. The lowest BCUT2D eigenvalue weighted by Crippen LogP contribution is -2.34. The van der Waals surface area contributed by atoms with E-state index < -0.39 is 10.8 Å². The van der Waals surface area contributed by atoms with Crippen LogP contribution >= 0.6 is 0 Å². The monoisotopic (exact) mass is 283 g/mol. The van der Waals surface area contributed by atoms with E-state index in [1.807, 2.05) is 17.7 Å². The van der Waals surface area contributed by atoms with Gasteiger partial charge in [-0.15, -0.1) is 0 Å². The molecule has 3 N–H and O–H groups in total. The molecule has 19 heavy (non-hydrogen) atoms. The zero-order chi connectivity index (χ0) is 14.0. The van der Waals surface area contributed by atoms with Crippen LogP contribution in [-0.4, -0.2) is 32.7 Å². The van der Waals surface area contributed by atoms with Crippen LogP contribution in [0.4, 0.5) is 5.69 Å². The van der Waals surface area contributed by atoms with Gasteiger partial charge >= 0.3 is 0 Å². The Bertz CT molecular complexity index is 494. The highest BCUT2D eigenvalue weighted by atomic mass is 32.2. The second kappa shape index (κ2) is 5.77. The highest BCUT2D eigenvalue weighted by molar-refractivity contribution is 7.84. The summed E-state index contributed by atoms with van der Waals surface area (Å²) in [5.74, 6) is 0.505. The van der Waals surface area contributed by atoms with E-state index >= 15 is 0 Å². The highest BCUT2D eigenvalue weighted by Crippen LogP contribution is 2.37. The predicted molar refractivity (Wildman–Crippen MR) is 77.6 cm³/mol. The summed E-state index contributed by atoms with van der Waals surface area (Å²) < 4.78 is 13.0. The van der Waals surface area contributed by atoms with E-state index in [1.54, 1.807) is 12.3 Å². The maximum Gasteiger partial charge on any atom is 0.268 e. The number of nitrogen functional groups attached to an aromatic ring is 1. The van der Waals surface area contributed by atoms with Crippen LogP contribution in [0.3, 0.4) is 0 Å². The fraction of sp³-hybridized carbons (Fsp3) is 0.615. The summed E-state index contributed by atoms with van der Waals surface area (Å²) >= 11 is 0. The Hall–Kier alpha value is -1.30. The standard InChI is InChI=1S/C13H21N3O2S/c1-9(5-6-19(2)18)15-13(17)12-7-10(14)8-16(12)11-3-4-11/h7-9,11H,3-6,14H2,1-2H3,(H,15,17). The number of anilines is 1. The summed E-state index contributed by atoms with van der Waals surface area (Å²) in [5.41, 5.74) is 7.02. The molecule has 2 unspecified atom stereocenters. The summed E-state index contributed by atoms with van der Waals surface area (Å²) in [7, 11) is -0.820. The number of nitrogens with zero attached hydrogens (tertiary/aromatic N) is 1. The number of nitrogens with one attached hydrogen (secondary N) is 1. The van der Waals surface area contributed by atoms with E-state index in [4.69, 9.17) is 5.73 Å². The van der Waals surface area contributed by atoms with E-state index in [0.29, 0.717) is 29.6 Å². The summed E-state index contributed by atoms with van der Waals surface area (Å²) in [6, 6.07) is 2.16. The molecule has 1 aliphatic rings. The van der Waals surface area contributed by atoms with Gasteiger partial charge in [-0.1, -0.05) is 0 Å². The summed E-state index contributed by atoms with van der Waals surface area (Å²) in [6.07, 6.45) is 6.44. The van der Waals surface area contributed by atoms with Gasteiger partial charge in [0.25, 0.3) is 5.91 Å². The van der Waals surface area contributed by atoms with E-state index in [-0.39, 0.29) is 11.9 Å². The largest absolute Gasteiger partial charge is 0.397 e. The van der Waals surface area contributed by atoms with Gasteiger partial charge in [-0.3, -0.25) is 9.00 Å². The zero-order valence-electron chi connectivity index (χ0n) is 11.4. The molecule has 2 rings (SSSR count). The Morgan fingerprint density at radius 3 is 2.89 bits per heavy atom. The average molecular weight is 283 g/mol. The molecule has 1 aliphatic carbocycles. The lowest BCUT2D eigenvalue weighted by atomic mass is 10.2. The minimum absolute atomic E-state index is 0.0141. The first kappa shape index (κ1) is 14.1. The zero-order valence-corrected chi connectivity index (χ0v) is 12.2. The smallest absolute Gasteiger partial charge is 0.268 e. The predicted octanol–water partition coefficient (Wildman–Crippen LogP) is 1.29. The molecule has 1 fully saturated rings. The van der Waals surface area contributed by atoms with Crippen molar-refractivity contribution in [1.29, 1.82) is 0 Å². The molecule has 6 heteroatoms. The number of carbonyl (C=O) groups is 1. The Morgan fingerprint density at radius 1 is 1.63 bits per heavy atom. The number of rotatable bonds is 6. The molecule has 0 aromatic carbocycles. The van der Waals surface area contributed by atoms with Crippen molar-refractivity contribution in [2.24, 2.45) is 0 Å². The molecule has 106 valence electrons. The van der Waals surface area contributed by atoms with Gasteiger partial charge in [0, 0.05) is 41.1 Å². The molecule has 0 saturated heterocycles. The average Bonchev–Trinajstić information content (AvgIpc) is 3.09. The Labute approximate surface area is 116 Å². The number of nitrogens with two attached hydrogens (primary N) is 1. The number of amides is 1. The van der Waals surface area contributed by atoms with Gasteiger partial charge in [-0.25, -0.2) is 0 Å². The lowest BCUT2D eigenvalue weighted by Gasteiger charge is -2.14. The van der Waals surface area contributed by atoms with E-state index in [0.717, 1.165) is 12.8 Å². The first-order valence-electron chi connectivity index (χ1n) is 6.55. The van der Waals surface area contributed by atoms with Crippen molar-refractivity contribution < 1.29 is 9.00 Å². The maximum atomic E-state index is 12.2. The van der Waals surface area contributed by atoms with Gasteiger partial charge in [-0.2, -0.15) is 0 Å². The molecule has 1 heterocycles. The van der Waals surface area contributed by atoms with E-state index in [2.05, 4.69) is 5.32 Å². The van der Waals surface area contributed by atoms with Gasteiger partial charge in [0.05, 0.1) is 5.69 Å². The first-order valence-corrected chi connectivity index (χ1v) is 8.28. The minimum atomic E-state index is -0.820. The molecule has 0 radical (unpaired) electrons. The van der Waals surface area contributed by atoms with E-state index in [9.17, 15) is 9.00 Å². The number of hydrogen-bond acceptors (Lipinski definition) is 3. The highest BCUT2D eigenvalue weighted by Gasteiger charge is 2.28. The minimum Gasteiger partial charge on any atom is -0.397 e. The maximum absolute atomic E-state index is 12.2. The lowest BCUT2D eigenvalue weighted by molar-refractivity contribution is 0.0930. The number of aromatic nitrogens is 1. The van der Waals surface area contributed by atoms with Crippen LogP contribution in [0.15, 0.2) is 12.3 Å². The third-order valence-corrected chi connectivity index (χ3v) is 4.07. The molecule has 0 spiro atoms. The van der Waals surface area contributed by atoms with Crippen LogP contribution in [0.5, 0.6) is 0 Å². The normalized spacial score (nSPS) is 18.0. The Morgan fingerprint density at radius 2 is 2.32 bits per heavy atom. The van der Waals surface area contributed by atoms with Crippen molar-refractivity contribution in [3.8, 4) is 0 Å². The van der Waals surface area contributed by atoms with Crippen molar-refractivity contribution in [3.05, 3.63) is 18.0 Å². The van der Waals surface area contributed by atoms with Gasteiger partial charge in [0.2, 0.25) is 0 Å². The molecule has 2 atom stereocenters. The van der Waals surface area contributed by atoms with Gasteiger partial charge in [0.15, 0.2) is 0 Å². The second-order valence-electron chi connectivity index (χ2n) is 5.24. The summed E-state index contributed by atoms with van der Waals surface area (Å²) in [6.45, 7) is 1.93. The van der Waals surface area contributed by atoms with Crippen molar-refractivity contribution in [1.82, 2.24) is 9.88 Å². The summed E-state index contributed by atoms with van der Waals surface area (Å²) in [5, 5.41) is 2.94. The molecule has 1 aromatic rings. The van der Waals surface area contributed by atoms with Gasteiger partial charge in [0.1, 0.15) is 5.69 Å². The number of hydrogen-bond donors (Lipinski definition) is 2. The molecule has 1 amide bonds. The molecule has 5 nitrogen and oxygen atoms in total.